The second-order valence-corrected chi connectivity index (χ2v) is 7.81. The van der Waals surface area contributed by atoms with E-state index in [9.17, 15) is 9.59 Å². The van der Waals surface area contributed by atoms with E-state index in [-0.39, 0.29) is 17.7 Å². The summed E-state index contributed by atoms with van der Waals surface area (Å²) in [6.07, 6.45) is 6.07. The van der Waals surface area contributed by atoms with Gasteiger partial charge in [0.2, 0.25) is 0 Å². The van der Waals surface area contributed by atoms with Gasteiger partial charge in [0.1, 0.15) is 0 Å². The highest BCUT2D eigenvalue weighted by Crippen LogP contribution is 2.17. The molecule has 2 aliphatic rings. The van der Waals surface area contributed by atoms with Crippen LogP contribution < -0.4 is 15.1 Å². The van der Waals surface area contributed by atoms with Crippen molar-refractivity contribution < 1.29 is 14.5 Å². The first-order valence-electron chi connectivity index (χ1n) is 10.1. The van der Waals surface area contributed by atoms with Gasteiger partial charge in [0.05, 0.1) is 26.2 Å². The lowest BCUT2D eigenvalue weighted by Crippen LogP contribution is -3.19. The first-order chi connectivity index (χ1) is 12.5. The number of nitrogens with zero attached hydrogens (tertiary/aromatic N) is 1. The molecule has 2 fully saturated rings. The van der Waals surface area contributed by atoms with Gasteiger partial charge in [-0.1, -0.05) is 19.3 Å². The molecule has 3 rings (SSSR count). The van der Waals surface area contributed by atoms with Crippen LogP contribution in [0.3, 0.4) is 0 Å². The Morgan fingerprint density at radius 2 is 1.69 bits per heavy atom. The summed E-state index contributed by atoms with van der Waals surface area (Å²) in [5, 5.41) is 3.27. The first kappa shape index (κ1) is 18.9. The fraction of sp³-hybridized carbons (Fsp3) is 0.619. The van der Waals surface area contributed by atoms with Crippen LogP contribution in [0.1, 0.15) is 56.3 Å². The Morgan fingerprint density at radius 3 is 2.27 bits per heavy atom. The second kappa shape index (κ2) is 8.67. The number of anilines is 1. The number of rotatable bonds is 5. The van der Waals surface area contributed by atoms with Crippen molar-refractivity contribution in [2.75, 3.05) is 31.1 Å². The van der Waals surface area contributed by atoms with Crippen LogP contribution in [0.2, 0.25) is 0 Å². The van der Waals surface area contributed by atoms with E-state index in [4.69, 9.17) is 0 Å². The molecule has 1 saturated heterocycles. The maximum atomic E-state index is 12.6. The number of nitrogens with one attached hydrogen (secondary N) is 2. The van der Waals surface area contributed by atoms with Crippen molar-refractivity contribution in [1.82, 2.24) is 5.32 Å². The van der Waals surface area contributed by atoms with E-state index in [0.29, 0.717) is 6.04 Å². The van der Waals surface area contributed by atoms with Crippen LogP contribution in [0.15, 0.2) is 24.3 Å². The summed E-state index contributed by atoms with van der Waals surface area (Å²) in [7, 11) is 0. The number of hydrogen-bond donors (Lipinski definition) is 2. The Hall–Kier alpha value is -1.88. The van der Waals surface area contributed by atoms with Gasteiger partial charge in [0.25, 0.3) is 5.91 Å². The Morgan fingerprint density at radius 1 is 1.08 bits per heavy atom. The number of carbonyl (C=O) groups is 2. The van der Waals surface area contributed by atoms with Crippen LogP contribution in [-0.4, -0.2) is 50.0 Å². The van der Waals surface area contributed by atoms with E-state index in [1.165, 1.54) is 24.2 Å². The highest BCUT2D eigenvalue weighted by molar-refractivity contribution is 5.94. The number of benzene rings is 1. The van der Waals surface area contributed by atoms with E-state index >= 15 is 0 Å². The minimum atomic E-state index is 0.0131. The van der Waals surface area contributed by atoms with E-state index < -0.39 is 0 Å². The maximum Gasteiger partial charge on any atom is 0.278 e. The zero-order valence-electron chi connectivity index (χ0n) is 16.1. The molecule has 0 unspecified atom stereocenters. The fourth-order valence-electron chi connectivity index (χ4n) is 4.15. The Labute approximate surface area is 156 Å². The molecular weight excluding hydrogens is 326 g/mol. The molecule has 2 N–H and O–H groups in total. The molecular formula is C21H32N3O2+. The van der Waals surface area contributed by atoms with Gasteiger partial charge in [0, 0.05) is 17.3 Å². The summed E-state index contributed by atoms with van der Waals surface area (Å²) in [4.78, 5) is 27.7. The number of amides is 1. The average molecular weight is 359 g/mol. The number of quaternary nitrogens is 1. The van der Waals surface area contributed by atoms with Gasteiger partial charge < -0.3 is 15.1 Å². The van der Waals surface area contributed by atoms with Crippen molar-refractivity contribution in [2.24, 2.45) is 0 Å². The van der Waals surface area contributed by atoms with Crippen molar-refractivity contribution in [3.8, 4) is 0 Å². The maximum absolute atomic E-state index is 12.6. The smallest absolute Gasteiger partial charge is 0.278 e. The molecule has 0 aromatic heterocycles. The lowest BCUT2D eigenvalue weighted by atomic mass is 9.95. The molecule has 1 amide bonds. The summed E-state index contributed by atoms with van der Waals surface area (Å²) in [6, 6.07) is 8.26. The predicted octanol–water partition coefficient (Wildman–Crippen LogP) is 1.43. The zero-order valence-corrected chi connectivity index (χ0v) is 16.1. The van der Waals surface area contributed by atoms with Crippen LogP contribution in [0, 0.1) is 0 Å². The van der Waals surface area contributed by atoms with Crippen molar-refractivity contribution in [3.63, 3.8) is 0 Å². The van der Waals surface area contributed by atoms with Crippen LogP contribution in [-0.2, 0) is 4.79 Å². The largest absolute Gasteiger partial charge is 0.360 e. The molecule has 0 radical (unpaired) electrons. The molecule has 0 bridgehead atoms. The standard InChI is InChI=1S/C21H31N3O2/c1-16(21(26)22-19-6-4-3-5-7-19)23-12-14-24(15-13-23)20-10-8-18(9-11-20)17(2)25/h8-11,16,19H,3-7,12-15H2,1-2H3,(H,22,26)/p+1/t16-/m1/s1. The van der Waals surface area contributed by atoms with E-state index in [1.54, 1.807) is 6.92 Å². The predicted molar refractivity (Wildman–Crippen MR) is 104 cm³/mol. The van der Waals surface area contributed by atoms with Gasteiger partial charge in [-0.25, -0.2) is 0 Å². The highest BCUT2D eigenvalue weighted by Gasteiger charge is 2.30. The third kappa shape index (κ3) is 4.64. The van der Waals surface area contributed by atoms with E-state index in [2.05, 4.69) is 17.1 Å². The topological polar surface area (TPSA) is 53.9 Å². The molecule has 5 nitrogen and oxygen atoms in total. The van der Waals surface area contributed by atoms with Crippen LogP contribution in [0.5, 0.6) is 0 Å². The number of ketones is 1. The van der Waals surface area contributed by atoms with Gasteiger partial charge in [0.15, 0.2) is 11.8 Å². The van der Waals surface area contributed by atoms with Gasteiger partial charge in [-0.05, 0) is 51.0 Å². The normalized spacial score (nSPS) is 20.6. The molecule has 0 spiro atoms. The van der Waals surface area contributed by atoms with Crippen LogP contribution in [0.25, 0.3) is 0 Å². The van der Waals surface area contributed by atoms with E-state index in [0.717, 1.165) is 50.3 Å². The quantitative estimate of drug-likeness (QED) is 0.783. The summed E-state index contributed by atoms with van der Waals surface area (Å²) < 4.78 is 0. The molecule has 1 saturated carbocycles. The van der Waals surface area contributed by atoms with Crippen molar-refractivity contribution in [2.45, 2.75) is 58.0 Å². The monoisotopic (exact) mass is 358 g/mol. The minimum Gasteiger partial charge on any atom is -0.360 e. The Balaban J connectivity index is 1.49. The molecule has 1 aliphatic carbocycles. The van der Waals surface area contributed by atoms with Gasteiger partial charge in [-0.3, -0.25) is 9.59 Å². The summed E-state index contributed by atoms with van der Waals surface area (Å²) in [5.41, 5.74) is 1.92. The molecule has 1 aromatic rings. The third-order valence-corrected chi connectivity index (χ3v) is 6.00. The molecule has 1 aromatic carbocycles. The summed E-state index contributed by atoms with van der Waals surface area (Å²) >= 11 is 0. The van der Waals surface area contributed by atoms with Crippen molar-refractivity contribution in [1.29, 1.82) is 0 Å². The molecule has 142 valence electrons. The molecule has 5 heteroatoms. The highest BCUT2D eigenvalue weighted by atomic mass is 16.2. The zero-order chi connectivity index (χ0) is 18.5. The summed E-state index contributed by atoms with van der Waals surface area (Å²) in [6.45, 7) is 7.47. The lowest BCUT2D eigenvalue weighted by molar-refractivity contribution is -0.914. The van der Waals surface area contributed by atoms with Crippen LogP contribution >= 0.6 is 0 Å². The number of carbonyl (C=O) groups excluding carboxylic acids is 2. The Bertz CT molecular complexity index is 615. The van der Waals surface area contributed by atoms with Crippen molar-refractivity contribution >= 4 is 17.4 Å². The van der Waals surface area contributed by atoms with E-state index in [1.807, 2.05) is 24.3 Å². The number of hydrogen-bond acceptors (Lipinski definition) is 3. The van der Waals surface area contributed by atoms with Crippen molar-refractivity contribution in [3.05, 3.63) is 29.8 Å². The SMILES string of the molecule is CC(=O)c1ccc(N2CC[NH+]([C@H](C)C(=O)NC3CCCCC3)CC2)cc1. The minimum absolute atomic E-state index is 0.0131. The molecule has 1 atom stereocenters. The van der Waals surface area contributed by atoms with Gasteiger partial charge >= 0.3 is 0 Å². The van der Waals surface area contributed by atoms with Gasteiger partial charge in [-0.2, -0.15) is 0 Å². The number of Topliss-reactive ketones (excluding diaryl/α,β-unsaturated/α-hetero) is 1. The lowest BCUT2D eigenvalue weighted by Gasteiger charge is -2.36. The molecule has 1 heterocycles. The Kier molecular flexibility index (Phi) is 6.30. The molecule has 1 aliphatic heterocycles. The van der Waals surface area contributed by atoms with Crippen LogP contribution in [0.4, 0.5) is 5.69 Å². The second-order valence-electron chi connectivity index (χ2n) is 7.81. The average Bonchev–Trinajstić information content (AvgIpc) is 2.68. The molecule has 26 heavy (non-hydrogen) atoms. The summed E-state index contributed by atoms with van der Waals surface area (Å²) in [5.74, 6) is 0.315. The fourth-order valence-corrected chi connectivity index (χ4v) is 4.15. The first-order valence-corrected chi connectivity index (χ1v) is 10.1. The number of piperazine rings is 1. The third-order valence-electron chi connectivity index (χ3n) is 6.00. The van der Waals surface area contributed by atoms with Gasteiger partial charge in [-0.15, -0.1) is 0 Å².